The zero-order valence-electron chi connectivity index (χ0n) is 16.4. The third-order valence-corrected chi connectivity index (χ3v) is 4.24. The summed E-state index contributed by atoms with van der Waals surface area (Å²) in [5.74, 6) is 0.433. The van der Waals surface area contributed by atoms with E-state index in [9.17, 15) is 4.79 Å². The molecule has 2 heterocycles. The van der Waals surface area contributed by atoms with Crippen molar-refractivity contribution >= 4 is 17.0 Å². The number of benzene rings is 1. The van der Waals surface area contributed by atoms with Gasteiger partial charge >= 0.3 is 0 Å². The highest BCUT2D eigenvalue weighted by Gasteiger charge is 2.19. The monoisotopic (exact) mass is 369 g/mol. The van der Waals surface area contributed by atoms with Crippen LogP contribution in [0.25, 0.3) is 11.0 Å². The molecule has 2 N–H and O–H groups in total. The summed E-state index contributed by atoms with van der Waals surface area (Å²) in [6, 6.07) is 8.10. The van der Waals surface area contributed by atoms with Crippen LogP contribution in [0.5, 0.6) is 0 Å². The molecular weight excluding hydrogens is 342 g/mol. The van der Waals surface area contributed by atoms with Crippen LogP contribution in [0.15, 0.2) is 35.3 Å². The van der Waals surface area contributed by atoms with Crippen LogP contribution in [0.1, 0.15) is 45.2 Å². The van der Waals surface area contributed by atoms with Crippen molar-refractivity contribution in [2.24, 2.45) is 0 Å². The van der Waals surface area contributed by atoms with Crippen molar-refractivity contribution in [2.45, 2.75) is 52.8 Å². The lowest BCUT2D eigenvalue weighted by atomic mass is 10.1. The van der Waals surface area contributed by atoms with Crippen LogP contribution in [-0.2, 0) is 23.4 Å². The molecule has 0 aliphatic rings. The van der Waals surface area contributed by atoms with Gasteiger partial charge in [0.1, 0.15) is 5.39 Å². The predicted molar refractivity (Wildman–Crippen MR) is 107 cm³/mol. The van der Waals surface area contributed by atoms with E-state index in [4.69, 9.17) is 4.74 Å². The number of hydrogen-bond acceptors (Lipinski definition) is 5. The Balaban J connectivity index is 1.83. The SMILES string of the molecule is CCCOCc1ccccc1CNc1nc2c(cnn2C(C)(C)C)c(=O)[nH]1. The molecule has 3 aromatic rings. The molecule has 0 atom stereocenters. The first-order valence-corrected chi connectivity index (χ1v) is 9.27. The molecule has 1 aromatic carbocycles. The van der Waals surface area contributed by atoms with Gasteiger partial charge in [0.25, 0.3) is 5.56 Å². The number of aromatic nitrogens is 4. The Hall–Kier alpha value is -2.67. The summed E-state index contributed by atoms with van der Waals surface area (Å²) in [5.41, 5.74) is 2.36. The van der Waals surface area contributed by atoms with Gasteiger partial charge < -0.3 is 10.1 Å². The van der Waals surface area contributed by atoms with E-state index in [0.717, 1.165) is 24.2 Å². The molecule has 0 fully saturated rings. The fraction of sp³-hybridized carbons (Fsp3) is 0.450. The molecule has 7 heteroatoms. The van der Waals surface area contributed by atoms with Crippen LogP contribution >= 0.6 is 0 Å². The van der Waals surface area contributed by atoms with E-state index < -0.39 is 0 Å². The van der Waals surface area contributed by atoms with E-state index in [0.29, 0.717) is 30.1 Å². The summed E-state index contributed by atoms with van der Waals surface area (Å²) in [6.45, 7) is 10.0. The summed E-state index contributed by atoms with van der Waals surface area (Å²) >= 11 is 0. The molecule has 0 saturated heterocycles. The molecule has 27 heavy (non-hydrogen) atoms. The molecule has 0 amide bonds. The first-order valence-electron chi connectivity index (χ1n) is 9.27. The van der Waals surface area contributed by atoms with Gasteiger partial charge in [0.05, 0.1) is 18.3 Å². The lowest BCUT2D eigenvalue weighted by Crippen LogP contribution is -2.24. The molecular formula is C20H27N5O2. The highest BCUT2D eigenvalue weighted by atomic mass is 16.5. The molecule has 0 unspecified atom stereocenters. The minimum Gasteiger partial charge on any atom is -0.377 e. The van der Waals surface area contributed by atoms with Crippen LogP contribution in [0, 0.1) is 0 Å². The third kappa shape index (κ3) is 4.36. The van der Waals surface area contributed by atoms with Crippen LogP contribution in [-0.4, -0.2) is 26.4 Å². The van der Waals surface area contributed by atoms with Crippen molar-refractivity contribution < 1.29 is 4.74 Å². The van der Waals surface area contributed by atoms with Gasteiger partial charge in [0, 0.05) is 13.2 Å². The van der Waals surface area contributed by atoms with Gasteiger partial charge in [-0.25, -0.2) is 4.68 Å². The number of nitrogens with zero attached hydrogens (tertiary/aromatic N) is 3. The fourth-order valence-corrected chi connectivity index (χ4v) is 2.87. The molecule has 0 spiro atoms. The topological polar surface area (TPSA) is 84.8 Å². The minimum absolute atomic E-state index is 0.197. The summed E-state index contributed by atoms with van der Waals surface area (Å²) in [6.07, 6.45) is 2.56. The Bertz CT molecular complexity index is 968. The van der Waals surface area contributed by atoms with Crippen molar-refractivity contribution in [3.05, 3.63) is 51.9 Å². The number of nitrogens with one attached hydrogen (secondary N) is 2. The van der Waals surface area contributed by atoms with Gasteiger partial charge in [0.2, 0.25) is 5.95 Å². The second-order valence-corrected chi connectivity index (χ2v) is 7.55. The van der Waals surface area contributed by atoms with E-state index in [1.807, 2.05) is 39.0 Å². The molecule has 0 bridgehead atoms. The Morgan fingerprint density at radius 1 is 1.22 bits per heavy atom. The van der Waals surface area contributed by atoms with E-state index in [1.165, 1.54) is 0 Å². The maximum Gasteiger partial charge on any atom is 0.263 e. The second-order valence-electron chi connectivity index (χ2n) is 7.55. The highest BCUT2D eigenvalue weighted by molar-refractivity contribution is 5.74. The number of ether oxygens (including phenoxy) is 1. The zero-order valence-corrected chi connectivity index (χ0v) is 16.4. The largest absolute Gasteiger partial charge is 0.377 e. The van der Waals surface area contributed by atoms with E-state index in [1.54, 1.807) is 10.9 Å². The molecule has 3 rings (SSSR count). The number of aromatic amines is 1. The molecule has 2 aromatic heterocycles. The second kappa shape index (κ2) is 7.92. The number of hydrogen-bond donors (Lipinski definition) is 2. The summed E-state index contributed by atoms with van der Waals surface area (Å²) in [4.78, 5) is 19.8. The van der Waals surface area contributed by atoms with Gasteiger partial charge in [-0.15, -0.1) is 0 Å². The van der Waals surface area contributed by atoms with Crippen LogP contribution in [0.4, 0.5) is 5.95 Å². The summed E-state index contributed by atoms with van der Waals surface area (Å²) < 4.78 is 7.44. The summed E-state index contributed by atoms with van der Waals surface area (Å²) in [7, 11) is 0. The normalized spacial score (nSPS) is 11.9. The maximum absolute atomic E-state index is 12.4. The van der Waals surface area contributed by atoms with Crippen LogP contribution in [0.3, 0.4) is 0 Å². The number of fused-ring (bicyclic) bond motifs is 1. The fourth-order valence-electron chi connectivity index (χ4n) is 2.87. The molecule has 0 aliphatic carbocycles. The zero-order chi connectivity index (χ0) is 19.4. The average molecular weight is 369 g/mol. The first-order chi connectivity index (χ1) is 12.9. The van der Waals surface area contributed by atoms with Crippen molar-refractivity contribution in [3.8, 4) is 0 Å². The van der Waals surface area contributed by atoms with E-state index in [2.05, 4.69) is 33.4 Å². The molecule has 7 nitrogen and oxygen atoms in total. The van der Waals surface area contributed by atoms with Crippen LogP contribution < -0.4 is 10.9 Å². The molecule has 0 aliphatic heterocycles. The predicted octanol–water partition coefficient (Wildman–Crippen LogP) is 3.41. The quantitative estimate of drug-likeness (QED) is 0.624. The lowest BCUT2D eigenvalue weighted by Gasteiger charge is -2.19. The standard InChI is InChI=1S/C20H27N5O2/c1-5-10-27-13-15-9-7-6-8-14(15)11-21-19-23-17-16(18(26)24-19)12-22-25(17)20(2,3)4/h6-9,12H,5,10-11,13H2,1-4H3,(H2,21,23,24,26). The van der Waals surface area contributed by atoms with Gasteiger partial charge in [-0.2, -0.15) is 10.1 Å². The maximum atomic E-state index is 12.4. The van der Waals surface area contributed by atoms with Gasteiger partial charge in [-0.3, -0.25) is 9.78 Å². The highest BCUT2D eigenvalue weighted by Crippen LogP contribution is 2.19. The van der Waals surface area contributed by atoms with E-state index >= 15 is 0 Å². The van der Waals surface area contributed by atoms with Crippen molar-refractivity contribution in [3.63, 3.8) is 0 Å². The van der Waals surface area contributed by atoms with Gasteiger partial charge in [-0.1, -0.05) is 31.2 Å². The van der Waals surface area contributed by atoms with Crippen LogP contribution in [0.2, 0.25) is 0 Å². The smallest absolute Gasteiger partial charge is 0.263 e. The third-order valence-electron chi connectivity index (χ3n) is 4.24. The Labute approximate surface area is 158 Å². The molecule has 0 saturated carbocycles. The first kappa shape index (κ1) is 19.1. The Morgan fingerprint density at radius 3 is 2.67 bits per heavy atom. The van der Waals surface area contributed by atoms with Gasteiger partial charge in [-0.05, 0) is 38.3 Å². The average Bonchev–Trinajstić information content (AvgIpc) is 3.06. The number of H-pyrrole nitrogens is 1. The van der Waals surface area contributed by atoms with Crippen molar-refractivity contribution in [1.82, 2.24) is 19.7 Å². The summed E-state index contributed by atoms with van der Waals surface area (Å²) in [5, 5.41) is 8.05. The van der Waals surface area contributed by atoms with Crippen molar-refractivity contribution in [2.75, 3.05) is 11.9 Å². The van der Waals surface area contributed by atoms with Gasteiger partial charge in [0.15, 0.2) is 5.65 Å². The number of rotatable bonds is 7. The Kier molecular flexibility index (Phi) is 5.60. The van der Waals surface area contributed by atoms with E-state index in [-0.39, 0.29) is 11.1 Å². The minimum atomic E-state index is -0.261. The Morgan fingerprint density at radius 2 is 1.96 bits per heavy atom. The lowest BCUT2D eigenvalue weighted by molar-refractivity contribution is 0.121. The molecule has 144 valence electrons. The molecule has 0 radical (unpaired) electrons. The number of anilines is 1. The van der Waals surface area contributed by atoms with Crippen molar-refractivity contribution in [1.29, 1.82) is 0 Å².